The van der Waals surface area contributed by atoms with E-state index in [0.717, 1.165) is 23.5 Å². The van der Waals surface area contributed by atoms with E-state index in [0.29, 0.717) is 19.0 Å². The van der Waals surface area contributed by atoms with Crippen molar-refractivity contribution in [2.75, 3.05) is 7.05 Å². The Morgan fingerprint density at radius 1 is 1.50 bits per heavy atom. The second kappa shape index (κ2) is 6.29. The third-order valence-electron chi connectivity index (χ3n) is 3.62. The lowest BCUT2D eigenvalue weighted by atomic mass is 9.94. The van der Waals surface area contributed by atoms with Gasteiger partial charge in [-0.1, -0.05) is 19.3 Å². The second-order valence-corrected chi connectivity index (χ2v) is 5.85. The molecular weight excluding hydrogens is 246 g/mol. The molecule has 0 aromatic carbocycles. The van der Waals surface area contributed by atoms with Crippen molar-refractivity contribution in [1.29, 1.82) is 0 Å². The van der Waals surface area contributed by atoms with E-state index in [4.69, 9.17) is 5.73 Å². The quantitative estimate of drug-likeness (QED) is 0.907. The van der Waals surface area contributed by atoms with Gasteiger partial charge in [0.1, 0.15) is 5.01 Å². The molecule has 2 N–H and O–H groups in total. The van der Waals surface area contributed by atoms with Gasteiger partial charge in [-0.2, -0.15) is 0 Å². The van der Waals surface area contributed by atoms with Crippen molar-refractivity contribution >= 4 is 17.2 Å². The maximum Gasteiger partial charge on any atom is 0.228 e. The molecular formula is C13H21N3OS. The highest BCUT2D eigenvalue weighted by atomic mass is 32.1. The van der Waals surface area contributed by atoms with E-state index in [9.17, 15) is 4.79 Å². The number of hydrogen-bond acceptors (Lipinski definition) is 4. The fourth-order valence-electron chi connectivity index (χ4n) is 2.48. The number of thiazole rings is 1. The number of carbonyl (C=O) groups is 1. The fourth-order valence-corrected chi connectivity index (χ4v) is 3.15. The molecule has 0 spiro atoms. The van der Waals surface area contributed by atoms with E-state index in [-0.39, 0.29) is 5.91 Å². The van der Waals surface area contributed by atoms with Crippen molar-refractivity contribution in [2.24, 2.45) is 5.73 Å². The first-order valence-corrected chi connectivity index (χ1v) is 7.47. The smallest absolute Gasteiger partial charge is 0.228 e. The van der Waals surface area contributed by atoms with Gasteiger partial charge in [-0.15, -0.1) is 11.3 Å². The minimum absolute atomic E-state index is 0.177. The molecule has 0 atom stereocenters. The van der Waals surface area contributed by atoms with Gasteiger partial charge in [-0.25, -0.2) is 4.98 Å². The van der Waals surface area contributed by atoms with Gasteiger partial charge in [0.2, 0.25) is 5.91 Å². The molecule has 0 radical (unpaired) electrons. The Hall–Kier alpha value is -0.940. The lowest BCUT2D eigenvalue weighted by Gasteiger charge is -2.31. The van der Waals surface area contributed by atoms with Crippen LogP contribution >= 0.6 is 11.3 Å². The van der Waals surface area contributed by atoms with Crippen molar-refractivity contribution in [3.8, 4) is 0 Å². The minimum atomic E-state index is 0.177. The van der Waals surface area contributed by atoms with E-state index in [1.165, 1.54) is 30.6 Å². The van der Waals surface area contributed by atoms with Gasteiger partial charge < -0.3 is 10.6 Å². The highest BCUT2D eigenvalue weighted by Gasteiger charge is 2.22. The van der Waals surface area contributed by atoms with Gasteiger partial charge in [-0.05, 0) is 12.8 Å². The van der Waals surface area contributed by atoms with Gasteiger partial charge >= 0.3 is 0 Å². The van der Waals surface area contributed by atoms with Crippen LogP contribution in [0.15, 0.2) is 5.38 Å². The summed E-state index contributed by atoms with van der Waals surface area (Å²) in [7, 11) is 1.93. The maximum atomic E-state index is 12.2. The number of likely N-dealkylation sites (N-methyl/N-ethyl adjacent to an activating group) is 1. The van der Waals surface area contributed by atoms with Crippen LogP contribution in [0.2, 0.25) is 0 Å². The maximum absolute atomic E-state index is 12.2. The van der Waals surface area contributed by atoms with Crippen LogP contribution in [0.3, 0.4) is 0 Å². The van der Waals surface area contributed by atoms with Crippen molar-refractivity contribution in [3.05, 3.63) is 16.1 Å². The molecule has 4 nitrogen and oxygen atoms in total. The molecule has 0 aliphatic heterocycles. The molecule has 5 heteroatoms. The number of nitrogens with zero attached hydrogens (tertiary/aromatic N) is 2. The van der Waals surface area contributed by atoms with E-state index >= 15 is 0 Å². The first kappa shape index (κ1) is 13.5. The molecule has 0 bridgehead atoms. The monoisotopic (exact) mass is 267 g/mol. The van der Waals surface area contributed by atoms with Crippen LogP contribution in [0.1, 0.15) is 42.8 Å². The van der Waals surface area contributed by atoms with E-state index < -0.39 is 0 Å². The van der Waals surface area contributed by atoms with Crippen molar-refractivity contribution in [2.45, 2.75) is 51.1 Å². The van der Waals surface area contributed by atoms with E-state index in [1.807, 2.05) is 17.3 Å². The topological polar surface area (TPSA) is 59.2 Å². The van der Waals surface area contributed by atoms with Crippen LogP contribution in [0.5, 0.6) is 0 Å². The van der Waals surface area contributed by atoms with Gasteiger partial charge in [0.05, 0.1) is 12.1 Å². The molecule has 1 saturated carbocycles. The summed E-state index contributed by atoms with van der Waals surface area (Å²) in [6, 6.07) is 0.430. The summed E-state index contributed by atoms with van der Waals surface area (Å²) in [5, 5.41) is 2.84. The lowest BCUT2D eigenvalue weighted by molar-refractivity contribution is -0.131. The summed E-state index contributed by atoms with van der Waals surface area (Å²) in [4.78, 5) is 18.4. The molecule has 1 heterocycles. The number of rotatable bonds is 4. The minimum Gasteiger partial charge on any atom is -0.342 e. The second-order valence-electron chi connectivity index (χ2n) is 4.91. The van der Waals surface area contributed by atoms with Gasteiger partial charge in [-0.3, -0.25) is 4.79 Å². The molecule has 18 heavy (non-hydrogen) atoms. The molecule has 0 unspecified atom stereocenters. The van der Waals surface area contributed by atoms with Gasteiger partial charge in [0.25, 0.3) is 0 Å². The summed E-state index contributed by atoms with van der Waals surface area (Å²) in [5.41, 5.74) is 6.38. The zero-order chi connectivity index (χ0) is 13.0. The summed E-state index contributed by atoms with van der Waals surface area (Å²) < 4.78 is 0. The molecule has 1 fully saturated rings. The number of hydrogen-bond donors (Lipinski definition) is 1. The number of carbonyl (C=O) groups excluding carboxylic acids is 1. The first-order chi connectivity index (χ1) is 8.70. The summed E-state index contributed by atoms with van der Waals surface area (Å²) in [6.45, 7) is 0.456. The molecule has 1 amide bonds. The third kappa shape index (κ3) is 3.29. The molecule has 1 aromatic heterocycles. The van der Waals surface area contributed by atoms with Crippen LogP contribution in [0, 0.1) is 0 Å². The van der Waals surface area contributed by atoms with E-state index in [1.54, 1.807) is 0 Å². The summed E-state index contributed by atoms with van der Waals surface area (Å²) in [5.74, 6) is 0.177. The summed E-state index contributed by atoms with van der Waals surface area (Å²) in [6.07, 6.45) is 6.50. The predicted octanol–water partition coefficient (Wildman–Crippen LogP) is 1.94. The Morgan fingerprint density at radius 2 is 2.22 bits per heavy atom. The van der Waals surface area contributed by atoms with Crippen LogP contribution in [-0.4, -0.2) is 28.9 Å². The Labute approximate surface area is 112 Å². The lowest BCUT2D eigenvalue weighted by Crippen LogP contribution is -2.39. The average Bonchev–Trinajstić information content (AvgIpc) is 2.86. The normalized spacial score (nSPS) is 16.8. The van der Waals surface area contributed by atoms with Crippen LogP contribution in [0.4, 0.5) is 0 Å². The standard InChI is InChI=1S/C13H21N3OS/c1-16(11-5-3-2-4-6-11)13(17)7-10-9-18-12(8-14)15-10/h9,11H,2-8,14H2,1H3. The Balaban J connectivity index is 1.90. The van der Waals surface area contributed by atoms with Crippen LogP contribution < -0.4 is 5.73 Å². The van der Waals surface area contributed by atoms with Gasteiger partial charge in [0.15, 0.2) is 0 Å². The SMILES string of the molecule is CN(C(=O)Cc1csc(CN)n1)C1CCCCC1. The highest BCUT2D eigenvalue weighted by molar-refractivity contribution is 7.09. The molecule has 1 aliphatic carbocycles. The number of amides is 1. The largest absolute Gasteiger partial charge is 0.342 e. The number of aromatic nitrogens is 1. The molecule has 1 aliphatic rings. The predicted molar refractivity (Wildman–Crippen MR) is 73.4 cm³/mol. The molecule has 2 rings (SSSR count). The van der Waals surface area contributed by atoms with Crippen molar-refractivity contribution in [3.63, 3.8) is 0 Å². The molecule has 1 aromatic rings. The van der Waals surface area contributed by atoms with Crippen molar-refractivity contribution < 1.29 is 4.79 Å². The average molecular weight is 267 g/mol. The summed E-state index contributed by atoms with van der Waals surface area (Å²) >= 11 is 1.53. The van der Waals surface area contributed by atoms with Crippen molar-refractivity contribution in [1.82, 2.24) is 9.88 Å². The third-order valence-corrected chi connectivity index (χ3v) is 4.54. The zero-order valence-corrected chi connectivity index (χ0v) is 11.7. The Kier molecular flexibility index (Phi) is 4.72. The zero-order valence-electron chi connectivity index (χ0n) is 10.9. The Bertz CT molecular complexity index is 399. The molecule has 100 valence electrons. The highest BCUT2D eigenvalue weighted by Crippen LogP contribution is 2.22. The number of nitrogens with two attached hydrogens (primary N) is 1. The van der Waals surface area contributed by atoms with Crippen LogP contribution in [-0.2, 0) is 17.8 Å². The van der Waals surface area contributed by atoms with E-state index in [2.05, 4.69) is 4.98 Å². The fraction of sp³-hybridized carbons (Fsp3) is 0.692. The van der Waals surface area contributed by atoms with Crippen LogP contribution in [0.25, 0.3) is 0 Å². The molecule has 0 saturated heterocycles. The first-order valence-electron chi connectivity index (χ1n) is 6.59. The Morgan fingerprint density at radius 3 is 2.83 bits per heavy atom. The van der Waals surface area contributed by atoms with Gasteiger partial charge in [0, 0.05) is 25.0 Å².